The summed E-state index contributed by atoms with van der Waals surface area (Å²) >= 11 is 9.99. The van der Waals surface area contributed by atoms with Crippen LogP contribution in [-0.4, -0.2) is 25.7 Å². The number of nitrogens with one attached hydrogen (secondary N) is 2. The lowest BCUT2D eigenvalue weighted by Gasteiger charge is -2.20. The van der Waals surface area contributed by atoms with Crippen LogP contribution in [0, 0.1) is 19.8 Å². The zero-order valence-corrected chi connectivity index (χ0v) is 21.2. The molecule has 2 atom stereocenters. The topological polar surface area (TPSA) is 84.7 Å². The molecule has 2 N–H and O–H groups in total. The Morgan fingerprint density at radius 2 is 2.12 bits per heavy atom. The lowest BCUT2D eigenvalue weighted by Crippen LogP contribution is -2.30. The van der Waals surface area contributed by atoms with Gasteiger partial charge in [-0.3, -0.25) is 14.7 Å². The second-order valence-corrected chi connectivity index (χ2v) is 11.2. The number of benzene rings is 1. The van der Waals surface area contributed by atoms with Crippen molar-refractivity contribution >= 4 is 40.2 Å². The second-order valence-electron chi connectivity index (χ2n) is 8.74. The minimum Gasteiger partial charge on any atom is -0.351 e. The SMILES string of the molecule is Cc1ncsc1CNC(=O)[C@@H]1Cc2sc3c(c2C1)[C@H](c1ccccc1Cl)NCc1nnc(C)n1-3. The summed E-state index contributed by atoms with van der Waals surface area (Å²) in [6, 6.07) is 7.89. The Morgan fingerprint density at radius 3 is 2.91 bits per heavy atom. The van der Waals surface area contributed by atoms with E-state index in [0.29, 0.717) is 19.5 Å². The first-order valence-corrected chi connectivity index (χ1v) is 13.3. The largest absolute Gasteiger partial charge is 0.351 e. The number of rotatable bonds is 4. The van der Waals surface area contributed by atoms with Gasteiger partial charge < -0.3 is 5.32 Å². The smallest absolute Gasteiger partial charge is 0.224 e. The number of thiophene rings is 1. The van der Waals surface area contributed by atoms with Gasteiger partial charge in [-0.25, -0.2) is 4.98 Å². The lowest BCUT2D eigenvalue weighted by molar-refractivity contribution is -0.124. The number of hydrogen-bond acceptors (Lipinski definition) is 7. The van der Waals surface area contributed by atoms with Crippen molar-refractivity contribution < 1.29 is 4.79 Å². The quantitative estimate of drug-likeness (QED) is 0.428. The van der Waals surface area contributed by atoms with Crippen molar-refractivity contribution in [3.8, 4) is 5.00 Å². The van der Waals surface area contributed by atoms with E-state index in [1.165, 1.54) is 16.0 Å². The summed E-state index contributed by atoms with van der Waals surface area (Å²) in [4.78, 5) is 19.7. The van der Waals surface area contributed by atoms with Gasteiger partial charge in [0.2, 0.25) is 5.91 Å². The van der Waals surface area contributed by atoms with E-state index in [-0.39, 0.29) is 17.9 Å². The number of carbonyl (C=O) groups excluding carboxylic acids is 1. The van der Waals surface area contributed by atoms with Crippen molar-refractivity contribution in [2.75, 3.05) is 0 Å². The summed E-state index contributed by atoms with van der Waals surface area (Å²) in [7, 11) is 0. The van der Waals surface area contributed by atoms with Crippen LogP contribution in [-0.2, 0) is 30.7 Å². The highest BCUT2D eigenvalue weighted by Gasteiger charge is 2.38. The predicted octanol–water partition coefficient (Wildman–Crippen LogP) is 4.28. The third kappa shape index (κ3) is 3.58. The summed E-state index contributed by atoms with van der Waals surface area (Å²) in [6.07, 6.45) is 1.46. The number of hydrogen-bond donors (Lipinski definition) is 2. The van der Waals surface area contributed by atoms with Gasteiger partial charge in [-0.15, -0.1) is 32.9 Å². The van der Waals surface area contributed by atoms with Crippen LogP contribution in [0.15, 0.2) is 29.8 Å². The first-order valence-electron chi connectivity index (χ1n) is 11.2. The lowest BCUT2D eigenvalue weighted by atomic mass is 9.95. The van der Waals surface area contributed by atoms with Crippen LogP contribution in [0.4, 0.5) is 0 Å². The molecule has 3 aromatic heterocycles. The maximum absolute atomic E-state index is 13.1. The van der Waals surface area contributed by atoms with Gasteiger partial charge in [0.05, 0.1) is 30.3 Å². The molecule has 0 bridgehead atoms. The number of fused-ring (bicyclic) bond motifs is 5. The molecule has 0 fully saturated rings. The molecule has 4 aromatic rings. The molecule has 7 nitrogen and oxygen atoms in total. The minimum absolute atomic E-state index is 0.0728. The molecule has 0 spiro atoms. The highest BCUT2D eigenvalue weighted by atomic mass is 35.5. The van der Waals surface area contributed by atoms with Crippen LogP contribution in [0.25, 0.3) is 5.00 Å². The van der Waals surface area contributed by atoms with Gasteiger partial charge in [-0.2, -0.15) is 0 Å². The van der Waals surface area contributed by atoms with Crippen molar-refractivity contribution in [3.63, 3.8) is 0 Å². The molecule has 1 aliphatic carbocycles. The van der Waals surface area contributed by atoms with Crippen LogP contribution >= 0.6 is 34.3 Å². The van der Waals surface area contributed by atoms with Crippen molar-refractivity contribution in [2.45, 2.75) is 45.8 Å². The fourth-order valence-electron chi connectivity index (χ4n) is 4.96. The third-order valence-corrected chi connectivity index (χ3v) is 9.23. The number of aromatic nitrogens is 4. The van der Waals surface area contributed by atoms with Crippen LogP contribution in [0.3, 0.4) is 0 Å². The number of carbonyl (C=O) groups is 1. The average molecular weight is 511 g/mol. The molecule has 6 rings (SSSR count). The number of thiazole rings is 1. The first-order chi connectivity index (χ1) is 16.5. The van der Waals surface area contributed by atoms with E-state index in [9.17, 15) is 4.79 Å². The Hall–Kier alpha value is -2.59. The molecule has 1 aromatic carbocycles. The van der Waals surface area contributed by atoms with Crippen LogP contribution in [0.5, 0.6) is 0 Å². The van der Waals surface area contributed by atoms with Crippen LogP contribution in [0.1, 0.15) is 49.8 Å². The summed E-state index contributed by atoms with van der Waals surface area (Å²) in [5.74, 6) is 1.79. The molecule has 34 heavy (non-hydrogen) atoms. The third-order valence-electron chi connectivity index (χ3n) is 6.70. The van der Waals surface area contributed by atoms with E-state index >= 15 is 0 Å². The van der Waals surface area contributed by atoms with Crippen molar-refractivity contribution in [2.24, 2.45) is 5.92 Å². The normalized spacial score (nSPS) is 18.8. The van der Waals surface area contributed by atoms with Crippen molar-refractivity contribution in [3.05, 3.63) is 78.6 Å². The first kappa shape index (κ1) is 21.9. The fraction of sp³-hybridized carbons (Fsp3) is 0.333. The number of amides is 1. The van der Waals surface area contributed by atoms with Gasteiger partial charge in [0.15, 0.2) is 5.82 Å². The Bertz CT molecular complexity index is 1410. The summed E-state index contributed by atoms with van der Waals surface area (Å²) < 4.78 is 2.16. The van der Waals surface area contributed by atoms with Gasteiger partial charge in [0.1, 0.15) is 10.8 Å². The van der Waals surface area contributed by atoms with E-state index < -0.39 is 0 Å². The molecule has 0 unspecified atom stereocenters. The Morgan fingerprint density at radius 1 is 1.26 bits per heavy atom. The summed E-state index contributed by atoms with van der Waals surface area (Å²) in [5, 5.41) is 17.4. The van der Waals surface area contributed by atoms with Gasteiger partial charge in [0, 0.05) is 26.3 Å². The van der Waals surface area contributed by atoms with Crippen LogP contribution in [0.2, 0.25) is 5.02 Å². The highest BCUT2D eigenvalue weighted by Crippen LogP contribution is 2.46. The number of halogens is 1. The molecule has 0 saturated heterocycles. The predicted molar refractivity (Wildman–Crippen MR) is 134 cm³/mol. The molecule has 2 aliphatic rings. The summed E-state index contributed by atoms with van der Waals surface area (Å²) in [5.41, 5.74) is 6.30. The van der Waals surface area contributed by atoms with Crippen molar-refractivity contribution in [1.29, 1.82) is 0 Å². The number of aryl methyl sites for hydroxylation is 2. The zero-order chi connectivity index (χ0) is 23.4. The molecule has 174 valence electrons. The van der Waals surface area contributed by atoms with Crippen LogP contribution < -0.4 is 10.6 Å². The molecular formula is C24H23ClN6OS2. The Kier molecular flexibility index (Phi) is 5.52. The molecule has 4 heterocycles. The molecule has 0 radical (unpaired) electrons. The maximum atomic E-state index is 13.1. The standard InChI is InChI=1S/C24H23ClN6OS2/c1-12-19(33-11-28-12)9-27-23(32)14-7-16-18(8-14)34-24-21(16)22(15-5-3-4-6-17(15)25)26-10-20-30-29-13(2)31(20)24/h3-6,11,14,22,26H,7-10H2,1-2H3,(H,27,32)/t14-,22-/m0/s1. The van der Waals surface area contributed by atoms with Gasteiger partial charge >= 0.3 is 0 Å². The van der Waals surface area contributed by atoms with Gasteiger partial charge in [-0.05, 0) is 43.9 Å². The van der Waals surface area contributed by atoms with E-state index in [1.807, 2.05) is 37.6 Å². The Labute approximate surface area is 210 Å². The highest BCUT2D eigenvalue weighted by molar-refractivity contribution is 7.15. The molecular weight excluding hydrogens is 488 g/mol. The molecule has 1 aliphatic heterocycles. The molecule has 1 amide bonds. The zero-order valence-electron chi connectivity index (χ0n) is 18.8. The van der Waals surface area contributed by atoms with Crippen molar-refractivity contribution in [1.82, 2.24) is 30.4 Å². The summed E-state index contributed by atoms with van der Waals surface area (Å²) in [6.45, 7) is 5.08. The molecule has 0 saturated carbocycles. The van der Waals surface area contributed by atoms with E-state index in [1.54, 1.807) is 22.7 Å². The van der Waals surface area contributed by atoms with E-state index in [2.05, 4.69) is 36.4 Å². The second kappa shape index (κ2) is 8.57. The minimum atomic E-state index is -0.0774. The van der Waals surface area contributed by atoms with Gasteiger partial charge in [-0.1, -0.05) is 29.8 Å². The van der Waals surface area contributed by atoms with E-state index in [0.717, 1.165) is 44.2 Å². The number of nitrogens with zero attached hydrogens (tertiary/aromatic N) is 4. The Balaban J connectivity index is 1.35. The average Bonchev–Trinajstić information content (AvgIpc) is 3.56. The maximum Gasteiger partial charge on any atom is 0.224 e. The monoisotopic (exact) mass is 510 g/mol. The van der Waals surface area contributed by atoms with E-state index in [4.69, 9.17) is 11.6 Å². The fourth-order valence-corrected chi connectivity index (χ4v) is 7.43. The van der Waals surface area contributed by atoms with Gasteiger partial charge in [0.25, 0.3) is 0 Å². The molecule has 10 heteroatoms.